The van der Waals surface area contributed by atoms with Gasteiger partial charge in [0.2, 0.25) is 0 Å². The number of likely N-dealkylation sites (tertiary alicyclic amines) is 1. The quantitative estimate of drug-likeness (QED) is 0.862. The van der Waals surface area contributed by atoms with Crippen molar-refractivity contribution in [3.05, 3.63) is 33.8 Å². The van der Waals surface area contributed by atoms with E-state index in [1.54, 1.807) is 0 Å². The molecule has 0 saturated carbocycles. The van der Waals surface area contributed by atoms with Gasteiger partial charge in [0, 0.05) is 28.2 Å². The summed E-state index contributed by atoms with van der Waals surface area (Å²) in [5.74, 6) is 0.0824. The zero-order valence-electron chi connectivity index (χ0n) is 11.7. The first kappa shape index (κ1) is 14.5. The van der Waals surface area contributed by atoms with Crippen LogP contribution in [-0.4, -0.2) is 28.9 Å². The first-order chi connectivity index (χ1) is 8.81. The Balaban J connectivity index is 2.34. The lowest BCUT2D eigenvalue weighted by molar-refractivity contribution is 0.0394. The molecule has 4 heteroatoms. The van der Waals surface area contributed by atoms with Crippen LogP contribution in [0, 0.1) is 6.92 Å². The molecule has 1 aromatic rings. The number of carbonyl (C=O) groups is 1. The number of halogens is 1. The number of rotatable bonds is 1. The highest BCUT2D eigenvalue weighted by atomic mass is 79.9. The number of benzene rings is 1. The van der Waals surface area contributed by atoms with Crippen LogP contribution in [0.1, 0.15) is 42.6 Å². The third-order valence-electron chi connectivity index (χ3n) is 3.95. The second kappa shape index (κ2) is 5.25. The van der Waals surface area contributed by atoms with Crippen molar-refractivity contribution in [3.63, 3.8) is 0 Å². The Hall–Kier alpha value is -0.870. The topological polar surface area (TPSA) is 46.3 Å². The fourth-order valence-electron chi connectivity index (χ4n) is 2.57. The van der Waals surface area contributed by atoms with Crippen molar-refractivity contribution in [1.29, 1.82) is 0 Å². The van der Waals surface area contributed by atoms with Gasteiger partial charge in [-0.1, -0.05) is 22.0 Å². The SMILES string of the molecule is Cc1ccc(Br)cc1C(=O)N1CC(N)CCC1(C)C. The van der Waals surface area contributed by atoms with E-state index in [0.29, 0.717) is 6.54 Å². The van der Waals surface area contributed by atoms with E-state index in [1.165, 1.54) is 0 Å². The summed E-state index contributed by atoms with van der Waals surface area (Å²) in [6.45, 7) is 6.84. The summed E-state index contributed by atoms with van der Waals surface area (Å²) >= 11 is 3.43. The van der Waals surface area contributed by atoms with Gasteiger partial charge in [-0.15, -0.1) is 0 Å². The lowest BCUT2D eigenvalue weighted by Crippen LogP contribution is -2.56. The van der Waals surface area contributed by atoms with Gasteiger partial charge < -0.3 is 10.6 Å². The van der Waals surface area contributed by atoms with Crippen LogP contribution in [-0.2, 0) is 0 Å². The van der Waals surface area contributed by atoms with Crippen LogP contribution in [0.3, 0.4) is 0 Å². The van der Waals surface area contributed by atoms with Crippen LogP contribution in [0.2, 0.25) is 0 Å². The van der Waals surface area contributed by atoms with E-state index < -0.39 is 0 Å². The lowest BCUT2D eigenvalue weighted by Gasteiger charge is -2.45. The van der Waals surface area contributed by atoms with Crippen molar-refractivity contribution < 1.29 is 4.79 Å². The molecule has 2 rings (SSSR count). The van der Waals surface area contributed by atoms with E-state index in [4.69, 9.17) is 5.73 Å². The molecule has 0 spiro atoms. The molecular weight excluding hydrogens is 304 g/mol. The van der Waals surface area contributed by atoms with Crippen molar-refractivity contribution in [2.24, 2.45) is 5.73 Å². The number of nitrogens with zero attached hydrogens (tertiary/aromatic N) is 1. The van der Waals surface area contributed by atoms with Crippen LogP contribution in [0.25, 0.3) is 0 Å². The van der Waals surface area contributed by atoms with Gasteiger partial charge in [-0.2, -0.15) is 0 Å². The zero-order chi connectivity index (χ0) is 14.2. The molecule has 104 valence electrons. The van der Waals surface area contributed by atoms with Crippen LogP contribution in [0.15, 0.2) is 22.7 Å². The Morgan fingerprint density at radius 3 is 2.84 bits per heavy atom. The average Bonchev–Trinajstić information content (AvgIpc) is 2.34. The average molecular weight is 325 g/mol. The maximum absolute atomic E-state index is 12.8. The standard InChI is InChI=1S/C15H21BrN2O/c1-10-4-5-11(16)8-13(10)14(19)18-9-12(17)6-7-15(18,2)3/h4-5,8,12H,6-7,9,17H2,1-3H3. The van der Waals surface area contributed by atoms with Gasteiger partial charge in [0.05, 0.1) is 0 Å². The van der Waals surface area contributed by atoms with Crippen LogP contribution >= 0.6 is 15.9 Å². The van der Waals surface area contributed by atoms with Gasteiger partial charge in [-0.3, -0.25) is 4.79 Å². The third kappa shape index (κ3) is 3.00. The predicted octanol–water partition coefficient (Wildman–Crippen LogP) is 3.10. The second-order valence-corrected chi connectivity index (χ2v) is 6.90. The Morgan fingerprint density at radius 2 is 2.16 bits per heavy atom. The van der Waals surface area contributed by atoms with E-state index in [9.17, 15) is 4.79 Å². The summed E-state index contributed by atoms with van der Waals surface area (Å²) in [4.78, 5) is 14.7. The van der Waals surface area contributed by atoms with E-state index in [1.807, 2.05) is 30.0 Å². The highest BCUT2D eigenvalue weighted by Gasteiger charge is 2.36. The molecule has 19 heavy (non-hydrogen) atoms. The van der Waals surface area contributed by atoms with E-state index in [2.05, 4.69) is 29.8 Å². The summed E-state index contributed by atoms with van der Waals surface area (Å²) in [5, 5.41) is 0. The zero-order valence-corrected chi connectivity index (χ0v) is 13.3. The molecule has 1 fully saturated rings. The molecule has 1 amide bonds. The van der Waals surface area contributed by atoms with Crippen molar-refractivity contribution in [2.45, 2.75) is 45.2 Å². The number of hydrogen-bond donors (Lipinski definition) is 1. The Labute approximate surface area is 123 Å². The molecule has 1 atom stereocenters. The smallest absolute Gasteiger partial charge is 0.254 e. The predicted molar refractivity (Wildman–Crippen MR) is 81.2 cm³/mol. The molecule has 1 saturated heterocycles. The molecule has 1 heterocycles. The van der Waals surface area contributed by atoms with Gasteiger partial charge in [0.15, 0.2) is 0 Å². The molecule has 1 aliphatic rings. The van der Waals surface area contributed by atoms with Gasteiger partial charge in [0.1, 0.15) is 0 Å². The molecule has 1 unspecified atom stereocenters. The van der Waals surface area contributed by atoms with Gasteiger partial charge in [0.25, 0.3) is 5.91 Å². The number of hydrogen-bond acceptors (Lipinski definition) is 2. The van der Waals surface area contributed by atoms with Crippen LogP contribution in [0.5, 0.6) is 0 Å². The monoisotopic (exact) mass is 324 g/mol. The van der Waals surface area contributed by atoms with Crippen LogP contribution in [0.4, 0.5) is 0 Å². The fourth-order valence-corrected chi connectivity index (χ4v) is 2.94. The molecule has 2 N–H and O–H groups in total. The number of aryl methyl sites for hydroxylation is 1. The Bertz CT molecular complexity index is 499. The maximum atomic E-state index is 12.8. The van der Waals surface area contributed by atoms with Crippen molar-refractivity contribution in [3.8, 4) is 0 Å². The molecule has 0 radical (unpaired) electrons. The maximum Gasteiger partial charge on any atom is 0.254 e. The van der Waals surface area contributed by atoms with Crippen molar-refractivity contribution in [1.82, 2.24) is 4.90 Å². The third-order valence-corrected chi connectivity index (χ3v) is 4.44. The first-order valence-electron chi connectivity index (χ1n) is 6.65. The molecular formula is C15H21BrN2O. The minimum absolute atomic E-state index is 0.0824. The number of amides is 1. The van der Waals surface area contributed by atoms with Gasteiger partial charge in [-0.25, -0.2) is 0 Å². The molecule has 1 aromatic carbocycles. The largest absolute Gasteiger partial charge is 0.332 e. The molecule has 1 aliphatic heterocycles. The highest BCUT2D eigenvalue weighted by molar-refractivity contribution is 9.10. The Kier molecular flexibility index (Phi) is 4.02. The highest BCUT2D eigenvalue weighted by Crippen LogP contribution is 2.29. The summed E-state index contributed by atoms with van der Waals surface area (Å²) in [6.07, 6.45) is 1.93. The number of carbonyl (C=O) groups excluding carboxylic acids is 1. The summed E-state index contributed by atoms with van der Waals surface area (Å²) in [6, 6.07) is 5.91. The minimum atomic E-state index is -0.123. The normalized spacial score (nSPS) is 22.4. The molecule has 0 bridgehead atoms. The van der Waals surface area contributed by atoms with Crippen LogP contribution < -0.4 is 5.73 Å². The lowest BCUT2D eigenvalue weighted by atomic mass is 9.87. The molecule has 0 aliphatic carbocycles. The summed E-state index contributed by atoms with van der Waals surface area (Å²) in [5.41, 5.74) is 7.67. The van der Waals surface area contributed by atoms with E-state index in [-0.39, 0.29) is 17.5 Å². The Morgan fingerprint density at radius 1 is 1.47 bits per heavy atom. The van der Waals surface area contributed by atoms with E-state index >= 15 is 0 Å². The first-order valence-corrected chi connectivity index (χ1v) is 7.44. The van der Waals surface area contributed by atoms with Crippen molar-refractivity contribution >= 4 is 21.8 Å². The van der Waals surface area contributed by atoms with Crippen molar-refractivity contribution in [2.75, 3.05) is 6.54 Å². The number of piperidine rings is 1. The van der Waals surface area contributed by atoms with Gasteiger partial charge >= 0.3 is 0 Å². The summed E-state index contributed by atoms with van der Waals surface area (Å²) in [7, 11) is 0. The molecule has 0 aromatic heterocycles. The number of nitrogens with two attached hydrogens (primary N) is 1. The second-order valence-electron chi connectivity index (χ2n) is 5.99. The van der Waals surface area contributed by atoms with Gasteiger partial charge in [-0.05, 0) is 51.3 Å². The summed E-state index contributed by atoms with van der Waals surface area (Å²) < 4.78 is 0.931. The van der Waals surface area contributed by atoms with E-state index in [0.717, 1.165) is 28.4 Å². The minimum Gasteiger partial charge on any atom is -0.332 e. The fraction of sp³-hybridized carbons (Fsp3) is 0.533. The molecule has 3 nitrogen and oxygen atoms in total.